The first kappa shape index (κ1) is 32.2. The summed E-state index contributed by atoms with van der Waals surface area (Å²) in [5, 5.41) is 10.1. The van der Waals surface area contributed by atoms with Crippen molar-refractivity contribution in [2.45, 2.75) is 37.5 Å². The number of carbonyl (C=O) groups excluding carboxylic acids is 1. The molecule has 1 spiro atoms. The molecule has 9 heteroatoms. The second-order valence-electron chi connectivity index (χ2n) is 15.3. The Morgan fingerprint density at radius 2 is 1.59 bits per heavy atom. The first-order valence-corrected chi connectivity index (χ1v) is 18.3. The van der Waals surface area contributed by atoms with Crippen molar-refractivity contribution < 1.29 is 23.4 Å². The van der Waals surface area contributed by atoms with Crippen molar-refractivity contribution in [1.82, 2.24) is 4.90 Å². The number of hydrogen-bond acceptors (Lipinski definition) is 6. The summed E-state index contributed by atoms with van der Waals surface area (Å²) in [6, 6.07) is 23.3. The molecule has 0 unspecified atom stereocenters. The summed E-state index contributed by atoms with van der Waals surface area (Å²) < 4.78 is 35.3. The molecule has 9 rings (SSSR count). The highest BCUT2D eigenvalue weighted by atomic mass is 19.1. The Balaban J connectivity index is 0.799. The topological polar surface area (TPSA) is 68.6 Å². The summed E-state index contributed by atoms with van der Waals surface area (Å²) in [5.74, 6) is -0.348. The van der Waals surface area contributed by atoms with Crippen LogP contribution in [0.2, 0.25) is 0 Å². The number of fused-ring (bicyclic) bond motifs is 2. The largest absolute Gasteiger partial charge is 0.508 e. The summed E-state index contributed by atoms with van der Waals surface area (Å²) in [4.78, 5) is 23.4. The van der Waals surface area contributed by atoms with Gasteiger partial charge in [0.25, 0.3) is 5.91 Å². The number of benzene rings is 4. The van der Waals surface area contributed by atoms with Crippen molar-refractivity contribution >= 4 is 23.5 Å². The maximum absolute atomic E-state index is 15.1. The number of hydrogen-bond donors (Lipinski definition) is 1. The quantitative estimate of drug-likeness (QED) is 0.228. The van der Waals surface area contributed by atoms with Crippen molar-refractivity contribution in [3.63, 3.8) is 0 Å². The molecule has 0 aliphatic carbocycles. The number of aromatic hydroxyl groups is 1. The summed E-state index contributed by atoms with van der Waals surface area (Å²) in [6.07, 6.45) is 6.50. The zero-order valence-electron chi connectivity index (χ0n) is 28.6. The van der Waals surface area contributed by atoms with Gasteiger partial charge in [-0.2, -0.15) is 0 Å². The van der Waals surface area contributed by atoms with Gasteiger partial charge in [-0.1, -0.05) is 18.2 Å². The fourth-order valence-corrected chi connectivity index (χ4v) is 9.23. The molecule has 3 fully saturated rings. The average Bonchev–Trinajstić information content (AvgIpc) is 3.51. The van der Waals surface area contributed by atoms with Gasteiger partial charge in [-0.05, 0) is 110 Å². The van der Waals surface area contributed by atoms with E-state index in [1.165, 1.54) is 55.7 Å². The fraction of sp³-hybridized carbons (Fsp3) is 0.381. The minimum atomic E-state index is -0.474. The molecular formula is C42H42F2N4O3. The maximum atomic E-state index is 15.1. The molecule has 3 saturated heterocycles. The third kappa shape index (κ3) is 6.05. The average molecular weight is 689 g/mol. The predicted molar refractivity (Wildman–Crippen MR) is 195 cm³/mol. The standard InChI is InChI=1S/C42H42F2N4O3/c43-30-3-10-38(44)36(20-30)37-24-51-39-21-33(49)7-9-35(39)40(37)28-1-4-31(5-2-28)47-15-11-27(12-16-47)23-46-17-13-42(14-18-46)25-48(26-42)32-6-8-34-29(19-32)22-45-41(34)50/h1-10,19-22,27,37,40,49H,11-18,23-26H2/t37-,40-/m0/s1. The van der Waals surface area contributed by atoms with Crippen LogP contribution in [0.5, 0.6) is 11.5 Å². The number of nitrogens with zero attached hydrogens (tertiary/aromatic N) is 4. The highest BCUT2D eigenvalue weighted by Gasteiger charge is 2.45. The number of anilines is 2. The van der Waals surface area contributed by atoms with Crippen molar-refractivity contribution in [2.75, 3.05) is 62.2 Å². The van der Waals surface area contributed by atoms with Gasteiger partial charge in [0.2, 0.25) is 0 Å². The van der Waals surface area contributed by atoms with Gasteiger partial charge in [-0.25, -0.2) is 13.8 Å². The molecule has 5 aliphatic heterocycles. The smallest absolute Gasteiger partial charge is 0.277 e. The van der Waals surface area contributed by atoms with E-state index >= 15 is 4.39 Å². The van der Waals surface area contributed by atoms with E-state index in [0.29, 0.717) is 28.2 Å². The molecule has 4 aromatic carbocycles. The van der Waals surface area contributed by atoms with Crippen molar-refractivity contribution in [3.05, 3.63) is 118 Å². The normalized spacial score (nSPS) is 22.8. The maximum Gasteiger partial charge on any atom is 0.277 e. The third-order valence-corrected chi connectivity index (χ3v) is 12.2. The first-order chi connectivity index (χ1) is 24.8. The molecule has 5 heterocycles. The first-order valence-electron chi connectivity index (χ1n) is 18.3. The van der Waals surface area contributed by atoms with Gasteiger partial charge < -0.3 is 24.5 Å². The fourth-order valence-electron chi connectivity index (χ4n) is 9.23. The molecule has 2 atom stereocenters. The van der Waals surface area contributed by atoms with Crippen molar-refractivity contribution in [3.8, 4) is 11.5 Å². The second-order valence-corrected chi connectivity index (χ2v) is 15.3. The number of halogens is 2. The van der Waals surface area contributed by atoms with Gasteiger partial charge in [-0.15, -0.1) is 0 Å². The zero-order chi connectivity index (χ0) is 34.7. The molecule has 0 radical (unpaired) electrons. The summed E-state index contributed by atoms with van der Waals surface area (Å²) in [5.41, 5.74) is 6.60. The van der Waals surface area contributed by atoms with E-state index in [9.17, 15) is 14.3 Å². The Bertz CT molecular complexity index is 1990. The van der Waals surface area contributed by atoms with Crippen LogP contribution in [-0.2, 0) is 0 Å². The minimum Gasteiger partial charge on any atom is -0.508 e. The Morgan fingerprint density at radius 1 is 0.824 bits per heavy atom. The van der Waals surface area contributed by atoms with E-state index < -0.39 is 17.6 Å². The number of aliphatic imine (C=N–C) groups is 1. The van der Waals surface area contributed by atoms with Crippen LogP contribution in [0.4, 0.5) is 20.2 Å². The van der Waals surface area contributed by atoms with Crippen molar-refractivity contribution in [1.29, 1.82) is 0 Å². The van der Waals surface area contributed by atoms with Gasteiger partial charge in [0.05, 0.1) is 12.2 Å². The van der Waals surface area contributed by atoms with E-state index in [1.807, 2.05) is 12.1 Å². The summed E-state index contributed by atoms with van der Waals surface area (Å²) in [7, 11) is 0. The molecule has 0 aromatic heterocycles. The monoisotopic (exact) mass is 688 g/mol. The van der Waals surface area contributed by atoms with Crippen LogP contribution in [0.15, 0.2) is 83.9 Å². The highest BCUT2D eigenvalue weighted by molar-refractivity contribution is 6.13. The number of likely N-dealkylation sites (tertiary alicyclic amines) is 1. The van der Waals surface area contributed by atoms with Crippen LogP contribution in [0.25, 0.3) is 0 Å². The molecule has 1 N–H and O–H groups in total. The Labute approximate surface area is 297 Å². The Kier molecular flexibility index (Phi) is 8.06. The second kappa shape index (κ2) is 12.8. The predicted octanol–water partition coefficient (Wildman–Crippen LogP) is 7.37. The molecule has 5 aliphatic rings. The molecule has 0 saturated carbocycles. The molecule has 0 bridgehead atoms. The number of phenols is 1. The van der Waals surface area contributed by atoms with E-state index in [2.05, 4.69) is 56.1 Å². The lowest BCUT2D eigenvalue weighted by Gasteiger charge is -2.55. The SMILES string of the molecule is O=C1N=Cc2cc(N3CC4(CCN(CC5CCN(c6ccc([C@H]7c8ccc(O)cc8OC[C@H]7c7cc(F)ccc7F)cc6)CC5)CC4)C3)ccc21. The third-order valence-electron chi connectivity index (χ3n) is 12.2. The minimum absolute atomic E-state index is 0.110. The molecule has 7 nitrogen and oxygen atoms in total. The Hall–Kier alpha value is -4.76. The number of rotatable bonds is 6. The molecular weight excluding hydrogens is 646 g/mol. The molecule has 262 valence electrons. The molecule has 4 aromatic rings. The zero-order valence-corrected chi connectivity index (χ0v) is 28.6. The summed E-state index contributed by atoms with van der Waals surface area (Å²) >= 11 is 0. The van der Waals surface area contributed by atoms with Crippen LogP contribution in [0, 0.1) is 23.0 Å². The van der Waals surface area contributed by atoms with Crippen LogP contribution in [-0.4, -0.2) is 74.5 Å². The number of phenolic OH excluding ortho intramolecular Hbond substituents is 1. The van der Waals surface area contributed by atoms with E-state index in [-0.39, 0.29) is 24.2 Å². The van der Waals surface area contributed by atoms with Crippen molar-refractivity contribution in [2.24, 2.45) is 16.3 Å². The van der Waals surface area contributed by atoms with Crippen LogP contribution in [0.3, 0.4) is 0 Å². The number of piperidine rings is 2. The molecule has 1 amide bonds. The van der Waals surface area contributed by atoms with Gasteiger partial charge in [-0.3, -0.25) is 4.79 Å². The van der Waals surface area contributed by atoms with Gasteiger partial charge in [0, 0.05) is 84.8 Å². The Morgan fingerprint density at radius 3 is 2.37 bits per heavy atom. The number of amides is 1. The van der Waals surface area contributed by atoms with E-state index in [4.69, 9.17) is 4.74 Å². The number of ether oxygens (including phenoxy) is 1. The van der Waals surface area contributed by atoms with Gasteiger partial charge in [0.15, 0.2) is 0 Å². The lowest BCUT2D eigenvalue weighted by atomic mass is 9.71. The van der Waals surface area contributed by atoms with Crippen LogP contribution < -0.4 is 14.5 Å². The summed E-state index contributed by atoms with van der Waals surface area (Å²) in [6.45, 7) is 7.90. The van der Waals surface area contributed by atoms with Gasteiger partial charge >= 0.3 is 0 Å². The van der Waals surface area contributed by atoms with E-state index in [1.54, 1.807) is 18.3 Å². The van der Waals surface area contributed by atoms with E-state index in [0.717, 1.165) is 62.0 Å². The number of carbonyl (C=O) groups is 1. The van der Waals surface area contributed by atoms with Crippen LogP contribution >= 0.6 is 0 Å². The van der Waals surface area contributed by atoms with Gasteiger partial charge in [0.1, 0.15) is 23.1 Å². The molecule has 51 heavy (non-hydrogen) atoms. The highest BCUT2D eigenvalue weighted by Crippen LogP contribution is 2.48. The van der Waals surface area contributed by atoms with Crippen LogP contribution in [0.1, 0.15) is 70.1 Å². The lowest BCUT2D eigenvalue weighted by Crippen LogP contribution is -2.60. The lowest BCUT2D eigenvalue weighted by molar-refractivity contribution is 0.0648.